The van der Waals surface area contributed by atoms with Crippen LogP contribution in [0.3, 0.4) is 0 Å². The number of rotatable bonds is 5. The average molecular weight is 275 g/mol. The lowest BCUT2D eigenvalue weighted by Crippen LogP contribution is -2.29. The van der Waals surface area contributed by atoms with E-state index in [1.807, 2.05) is 0 Å². The van der Waals surface area contributed by atoms with Gasteiger partial charge in [0.05, 0.1) is 0 Å². The predicted molar refractivity (Wildman–Crippen MR) is 86.3 cm³/mol. The summed E-state index contributed by atoms with van der Waals surface area (Å²) in [5.74, 6) is 0. The summed E-state index contributed by atoms with van der Waals surface area (Å²) >= 11 is 0. The largest absolute Gasteiger partial charge is 0.371 e. The Morgan fingerprint density at radius 1 is 1.15 bits per heavy atom. The highest BCUT2D eigenvalue weighted by molar-refractivity contribution is 5.53. The molecule has 112 valence electrons. The van der Waals surface area contributed by atoms with E-state index >= 15 is 0 Å². The third-order valence-electron chi connectivity index (χ3n) is 4.04. The van der Waals surface area contributed by atoms with E-state index in [4.69, 9.17) is 0 Å². The molecule has 2 rings (SSSR count). The summed E-state index contributed by atoms with van der Waals surface area (Å²) in [6, 6.07) is 2.27. The first kappa shape index (κ1) is 15.3. The van der Waals surface area contributed by atoms with Gasteiger partial charge in [-0.2, -0.15) is 0 Å². The summed E-state index contributed by atoms with van der Waals surface area (Å²) in [5.41, 5.74) is 3.88. The summed E-state index contributed by atoms with van der Waals surface area (Å²) in [5, 5.41) is 3.51. The van der Waals surface area contributed by atoms with E-state index in [0.717, 1.165) is 18.8 Å². The van der Waals surface area contributed by atoms with Gasteiger partial charge in [-0.3, -0.25) is 4.98 Å². The minimum absolute atomic E-state index is 0.937. The molecule has 2 heterocycles. The van der Waals surface area contributed by atoms with Crippen molar-refractivity contribution < 1.29 is 0 Å². The Bertz CT molecular complexity index is 395. The van der Waals surface area contributed by atoms with Crippen LogP contribution in [0.2, 0.25) is 0 Å². The summed E-state index contributed by atoms with van der Waals surface area (Å²) in [7, 11) is 0. The molecule has 3 heteroatoms. The van der Waals surface area contributed by atoms with Gasteiger partial charge >= 0.3 is 0 Å². The lowest BCUT2D eigenvalue weighted by atomic mass is 10.1. The third kappa shape index (κ3) is 4.48. The molecule has 0 unspecified atom stereocenters. The number of nitrogens with one attached hydrogen (secondary N) is 1. The number of hydrogen-bond acceptors (Lipinski definition) is 3. The zero-order chi connectivity index (χ0) is 14.2. The first-order valence-corrected chi connectivity index (χ1v) is 8.22. The maximum absolute atomic E-state index is 4.49. The second-order valence-corrected chi connectivity index (χ2v) is 5.89. The van der Waals surface area contributed by atoms with Gasteiger partial charge in [0, 0.05) is 42.8 Å². The van der Waals surface area contributed by atoms with E-state index in [-0.39, 0.29) is 0 Å². The van der Waals surface area contributed by atoms with Gasteiger partial charge in [-0.05, 0) is 38.8 Å². The van der Waals surface area contributed by atoms with Gasteiger partial charge in [0.15, 0.2) is 0 Å². The van der Waals surface area contributed by atoms with Crippen LogP contribution < -0.4 is 10.2 Å². The average Bonchev–Trinajstić information content (AvgIpc) is 2.40. The van der Waals surface area contributed by atoms with Gasteiger partial charge in [0.25, 0.3) is 0 Å². The fourth-order valence-corrected chi connectivity index (χ4v) is 2.89. The van der Waals surface area contributed by atoms with Crippen molar-refractivity contribution in [2.75, 3.05) is 24.5 Å². The molecule has 1 aliphatic rings. The summed E-state index contributed by atoms with van der Waals surface area (Å²) < 4.78 is 0. The van der Waals surface area contributed by atoms with E-state index in [9.17, 15) is 0 Å². The van der Waals surface area contributed by atoms with Crippen molar-refractivity contribution in [1.82, 2.24) is 10.3 Å². The highest BCUT2D eigenvalue weighted by Gasteiger charge is 2.13. The molecule has 1 aromatic heterocycles. The molecule has 0 bridgehead atoms. The summed E-state index contributed by atoms with van der Waals surface area (Å²) in [6.45, 7) is 8.71. The van der Waals surface area contributed by atoms with Gasteiger partial charge in [-0.15, -0.1) is 0 Å². The molecule has 1 N–H and O–H groups in total. The number of hydrogen-bond donors (Lipinski definition) is 1. The Kier molecular flexibility index (Phi) is 6.31. The number of nitrogens with zero attached hydrogens (tertiary/aromatic N) is 2. The first-order valence-electron chi connectivity index (χ1n) is 8.22. The molecule has 20 heavy (non-hydrogen) atoms. The van der Waals surface area contributed by atoms with Crippen LogP contribution in [0.4, 0.5) is 5.69 Å². The Balaban J connectivity index is 2.11. The molecule has 0 atom stereocenters. The first-order chi connectivity index (χ1) is 9.81. The summed E-state index contributed by atoms with van der Waals surface area (Å²) in [6.07, 6.45) is 10.1. The third-order valence-corrected chi connectivity index (χ3v) is 4.04. The number of pyridine rings is 1. The normalized spacial score (nSPS) is 16.8. The zero-order valence-electron chi connectivity index (χ0n) is 13.1. The van der Waals surface area contributed by atoms with Crippen LogP contribution in [-0.4, -0.2) is 24.6 Å². The maximum Gasteiger partial charge on any atom is 0.0445 e. The van der Waals surface area contributed by atoms with Crippen molar-refractivity contribution in [2.24, 2.45) is 0 Å². The second kappa shape index (κ2) is 8.25. The number of aromatic nitrogens is 1. The molecule has 0 aliphatic carbocycles. The van der Waals surface area contributed by atoms with Gasteiger partial charge in [0.1, 0.15) is 0 Å². The van der Waals surface area contributed by atoms with Crippen molar-refractivity contribution in [1.29, 1.82) is 0 Å². The van der Waals surface area contributed by atoms with E-state index in [0.29, 0.717) is 0 Å². The Labute approximate surface area is 123 Å². The topological polar surface area (TPSA) is 28.2 Å². The van der Waals surface area contributed by atoms with E-state index < -0.39 is 0 Å². The SMILES string of the molecule is CCCNCc1cnc(C)cc1N1CCCCCCC1. The van der Waals surface area contributed by atoms with Crippen molar-refractivity contribution in [2.45, 2.75) is 58.9 Å². The van der Waals surface area contributed by atoms with Crippen LogP contribution in [0.1, 0.15) is 56.7 Å². The highest BCUT2D eigenvalue weighted by Crippen LogP contribution is 2.24. The molecular formula is C17H29N3. The molecular weight excluding hydrogens is 246 g/mol. The molecule has 0 spiro atoms. The Morgan fingerprint density at radius 2 is 1.85 bits per heavy atom. The van der Waals surface area contributed by atoms with Crippen LogP contribution in [0.25, 0.3) is 0 Å². The van der Waals surface area contributed by atoms with Crippen molar-refractivity contribution in [3.8, 4) is 0 Å². The minimum Gasteiger partial charge on any atom is -0.371 e. The van der Waals surface area contributed by atoms with Crippen molar-refractivity contribution >= 4 is 5.69 Å². The highest BCUT2D eigenvalue weighted by atomic mass is 15.1. The van der Waals surface area contributed by atoms with E-state index in [1.54, 1.807) is 0 Å². The lowest BCUT2D eigenvalue weighted by molar-refractivity contribution is 0.554. The van der Waals surface area contributed by atoms with Crippen LogP contribution in [0.15, 0.2) is 12.3 Å². The molecule has 1 saturated heterocycles. The molecule has 1 aliphatic heterocycles. The standard InChI is InChI=1S/C17H29N3/c1-3-9-18-13-16-14-19-15(2)12-17(16)20-10-7-5-4-6-8-11-20/h12,14,18H,3-11,13H2,1-2H3. The van der Waals surface area contributed by atoms with Gasteiger partial charge in [-0.25, -0.2) is 0 Å². The monoisotopic (exact) mass is 275 g/mol. The Hall–Kier alpha value is -1.09. The molecule has 3 nitrogen and oxygen atoms in total. The quantitative estimate of drug-likeness (QED) is 0.831. The second-order valence-electron chi connectivity index (χ2n) is 5.89. The van der Waals surface area contributed by atoms with E-state index in [1.165, 1.54) is 62.9 Å². The molecule has 0 amide bonds. The number of aryl methyl sites for hydroxylation is 1. The van der Waals surface area contributed by atoms with Crippen molar-refractivity contribution in [3.05, 3.63) is 23.5 Å². The Morgan fingerprint density at radius 3 is 2.55 bits per heavy atom. The van der Waals surface area contributed by atoms with E-state index in [2.05, 4.69) is 41.3 Å². The molecule has 0 saturated carbocycles. The van der Waals surface area contributed by atoms with Crippen LogP contribution in [0, 0.1) is 6.92 Å². The number of anilines is 1. The van der Waals surface area contributed by atoms with Crippen LogP contribution in [-0.2, 0) is 6.54 Å². The molecule has 1 aromatic rings. The fraction of sp³-hybridized carbons (Fsp3) is 0.706. The summed E-state index contributed by atoms with van der Waals surface area (Å²) in [4.78, 5) is 7.07. The minimum atomic E-state index is 0.937. The van der Waals surface area contributed by atoms with Crippen molar-refractivity contribution in [3.63, 3.8) is 0 Å². The fourth-order valence-electron chi connectivity index (χ4n) is 2.89. The predicted octanol–water partition coefficient (Wildman–Crippen LogP) is 3.66. The zero-order valence-corrected chi connectivity index (χ0v) is 13.1. The maximum atomic E-state index is 4.49. The molecule has 0 aromatic carbocycles. The van der Waals surface area contributed by atoms with Crippen LogP contribution in [0.5, 0.6) is 0 Å². The van der Waals surface area contributed by atoms with Crippen LogP contribution >= 0.6 is 0 Å². The lowest BCUT2D eigenvalue weighted by Gasteiger charge is -2.29. The van der Waals surface area contributed by atoms with Gasteiger partial charge < -0.3 is 10.2 Å². The molecule has 0 radical (unpaired) electrons. The smallest absolute Gasteiger partial charge is 0.0445 e. The van der Waals surface area contributed by atoms with Gasteiger partial charge in [-0.1, -0.05) is 26.2 Å². The molecule has 1 fully saturated rings. The van der Waals surface area contributed by atoms with Gasteiger partial charge in [0.2, 0.25) is 0 Å².